The van der Waals surface area contributed by atoms with E-state index < -0.39 is 0 Å². The number of rotatable bonds is 6. The highest BCUT2D eigenvalue weighted by Gasteiger charge is 2.23. The van der Waals surface area contributed by atoms with Gasteiger partial charge in [0.15, 0.2) is 17.5 Å². The van der Waals surface area contributed by atoms with E-state index >= 15 is 0 Å². The summed E-state index contributed by atoms with van der Waals surface area (Å²) in [5.74, 6) is 1.79. The van der Waals surface area contributed by atoms with Crippen molar-refractivity contribution >= 4 is 65.6 Å². The molecule has 294 valence electrons. The first-order chi connectivity index (χ1) is 31.2. The van der Waals surface area contributed by atoms with Crippen LogP contribution in [0.2, 0.25) is 0 Å². The molecule has 0 aliphatic rings. The van der Waals surface area contributed by atoms with E-state index in [0.717, 1.165) is 82.9 Å². The van der Waals surface area contributed by atoms with Crippen LogP contribution in [0, 0.1) is 0 Å². The fraction of sp³-hybridized carbons (Fsp3) is 0. The van der Waals surface area contributed by atoms with Crippen molar-refractivity contribution < 1.29 is 4.42 Å². The molecule has 0 fully saturated rings. The molecule has 0 radical (unpaired) electrons. The summed E-state index contributed by atoms with van der Waals surface area (Å²) in [5, 5.41) is 6.93. The first-order valence-electron chi connectivity index (χ1n) is 21.2. The minimum absolute atomic E-state index is 0.577. The average Bonchev–Trinajstić information content (AvgIpc) is 4.02. The Hall–Kier alpha value is -8.61. The lowest BCUT2D eigenvalue weighted by Crippen LogP contribution is -2.04. The van der Waals surface area contributed by atoms with Crippen LogP contribution < -0.4 is 0 Å². The Kier molecular flexibility index (Phi) is 7.80. The van der Waals surface area contributed by atoms with Crippen molar-refractivity contribution in [3.63, 3.8) is 0 Å². The van der Waals surface area contributed by atoms with Gasteiger partial charge in [-0.05, 0) is 65.7 Å². The second-order valence-electron chi connectivity index (χ2n) is 16.0. The molecule has 0 N–H and O–H groups in total. The zero-order valence-corrected chi connectivity index (χ0v) is 33.9. The molecule has 6 nitrogen and oxygen atoms in total. The maximum absolute atomic E-state index is 6.39. The van der Waals surface area contributed by atoms with Crippen molar-refractivity contribution in [1.29, 1.82) is 0 Å². The van der Waals surface area contributed by atoms with Gasteiger partial charge in [-0.25, -0.2) is 15.0 Å². The highest BCUT2D eigenvalue weighted by molar-refractivity contribution is 6.14. The van der Waals surface area contributed by atoms with Crippen LogP contribution in [0.3, 0.4) is 0 Å². The number of fused-ring (bicyclic) bond motifs is 9. The summed E-state index contributed by atoms with van der Waals surface area (Å²) in [4.78, 5) is 15.8. The molecule has 0 bridgehead atoms. The smallest absolute Gasteiger partial charge is 0.166 e. The number of benzene rings is 9. The molecule has 4 heterocycles. The van der Waals surface area contributed by atoms with Gasteiger partial charge in [-0.2, -0.15) is 0 Å². The lowest BCUT2D eigenvalue weighted by molar-refractivity contribution is 0.669. The Morgan fingerprint density at radius 1 is 0.317 bits per heavy atom. The van der Waals surface area contributed by atoms with Crippen molar-refractivity contribution in [1.82, 2.24) is 24.1 Å². The van der Waals surface area contributed by atoms with E-state index in [4.69, 9.17) is 19.4 Å². The van der Waals surface area contributed by atoms with Crippen molar-refractivity contribution in [3.05, 3.63) is 212 Å². The fourth-order valence-electron chi connectivity index (χ4n) is 9.58. The molecule has 0 unspecified atom stereocenters. The Labute approximate surface area is 361 Å². The molecular formula is C57H35N5O. The Morgan fingerprint density at radius 2 is 0.841 bits per heavy atom. The third-order valence-corrected chi connectivity index (χ3v) is 12.4. The normalized spacial score (nSPS) is 11.8. The van der Waals surface area contributed by atoms with Crippen LogP contribution in [-0.4, -0.2) is 24.1 Å². The molecule has 13 rings (SSSR count). The summed E-state index contributed by atoms with van der Waals surface area (Å²) in [6, 6.07) is 74.5. The quantitative estimate of drug-likeness (QED) is 0.168. The van der Waals surface area contributed by atoms with Crippen LogP contribution in [0.5, 0.6) is 0 Å². The van der Waals surface area contributed by atoms with Crippen LogP contribution in [0.25, 0.3) is 122 Å². The van der Waals surface area contributed by atoms with Crippen LogP contribution >= 0.6 is 0 Å². The van der Waals surface area contributed by atoms with Crippen LogP contribution in [0.4, 0.5) is 0 Å². The third-order valence-electron chi connectivity index (χ3n) is 12.4. The number of hydrogen-bond donors (Lipinski definition) is 0. The number of aromatic nitrogens is 5. The van der Waals surface area contributed by atoms with E-state index in [9.17, 15) is 0 Å². The largest absolute Gasteiger partial charge is 0.456 e. The number of nitrogens with zero attached hydrogens (tertiary/aromatic N) is 5. The predicted octanol–water partition coefficient (Wildman–Crippen LogP) is 14.6. The molecule has 4 aromatic heterocycles. The molecule has 13 aromatic rings. The highest BCUT2D eigenvalue weighted by Crippen LogP contribution is 2.42. The van der Waals surface area contributed by atoms with E-state index in [-0.39, 0.29) is 0 Å². The second kappa shape index (κ2) is 14.0. The van der Waals surface area contributed by atoms with E-state index in [1.807, 2.05) is 54.6 Å². The predicted molar refractivity (Wildman–Crippen MR) is 258 cm³/mol. The van der Waals surface area contributed by atoms with E-state index in [2.05, 4.69) is 167 Å². The van der Waals surface area contributed by atoms with E-state index in [1.165, 1.54) is 21.8 Å². The minimum atomic E-state index is 0.577. The first kappa shape index (κ1) is 35.2. The average molecular weight is 806 g/mol. The molecule has 0 aliphatic heterocycles. The van der Waals surface area contributed by atoms with E-state index in [1.54, 1.807) is 0 Å². The standard InChI is InChI=1S/C57H35N5O/c1-3-16-36(17-4-1)55-58-56(37-18-5-2-6-19-37)60-57(59-55)46-34-38(40-24-15-29-53-54(40)45-23-10-14-28-52(45)63-53)30-33-50(46)62-49-27-13-9-22-43(49)44-32-31-39(35-51(44)62)61-47-25-11-7-20-41(47)42-21-8-12-26-48(42)61/h1-35H. The summed E-state index contributed by atoms with van der Waals surface area (Å²) >= 11 is 0. The Bertz CT molecular complexity index is 3810. The molecule has 9 aromatic carbocycles. The summed E-state index contributed by atoms with van der Waals surface area (Å²) in [5.41, 5.74) is 13.0. The first-order valence-corrected chi connectivity index (χ1v) is 21.2. The topological polar surface area (TPSA) is 61.7 Å². The van der Waals surface area contributed by atoms with Crippen LogP contribution in [0.15, 0.2) is 217 Å². The van der Waals surface area contributed by atoms with Crippen molar-refractivity contribution in [2.24, 2.45) is 0 Å². The van der Waals surface area contributed by atoms with Gasteiger partial charge in [-0.15, -0.1) is 0 Å². The number of furan rings is 1. The maximum Gasteiger partial charge on any atom is 0.166 e. The summed E-state index contributed by atoms with van der Waals surface area (Å²) in [6.45, 7) is 0. The monoisotopic (exact) mass is 805 g/mol. The molecule has 0 saturated heterocycles. The molecular weight excluding hydrogens is 771 g/mol. The Balaban J connectivity index is 1.13. The molecule has 0 amide bonds. The minimum Gasteiger partial charge on any atom is -0.456 e. The van der Waals surface area contributed by atoms with Gasteiger partial charge < -0.3 is 13.6 Å². The van der Waals surface area contributed by atoms with Gasteiger partial charge in [0, 0.05) is 54.7 Å². The maximum atomic E-state index is 6.39. The second-order valence-corrected chi connectivity index (χ2v) is 16.0. The Morgan fingerprint density at radius 3 is 1.49 bits per heavy atom. The zero-order valence-electron chi connectivity index (χ0n) is 33.9. The van der Waals surface area contributed by atoms with Crippen molar-refractivity contribution in [2.75, 3.05) is 0 Å². The number of hydrogen-bond acceptors (Lipinski definition) is 4. The molecule has 0 aliphatic carbocycles. The van der Waals surface area contributed by atoms with Crippen molar-refractivity contribution in [2.45, 2.75) is 0 Å². The van der Waals surface area contributed by atoms with Gasteiger partial charge in [-0.3, -0.25) is 0 Å². The van der Waals surface area contributed by atoms with Gasteiger partial charge in [0.2, 0.25) is 0 Å². The summed E-state index contributed by atoms with van der Waals surface area (Å²) < 4.78 is 11.2. The van der Waals surface area contributed by atoms with E-state index in [0.29, 0.717) is 17.5 Å². The lowest BCUT2D eigenvalue weighted by Gasteiger charge is -2.17. The summed E-state index contributed by atoms with van der Waals surface area (Å²) in [6.07, 6.45) is 0. The SMILES string of the molecule is c1ccc(-c2nc(-c3ccccc3)nc(-c3cc(-c4cccc5oc6ccccc6c45)ccc3-n3c4ccccc4c4ccc(-n5c6ccccc6c6ccccc65)cc43)n2)cc1. The van der Waals surface area contributed by atoms with Gasteiger partial charge >= 0.3 is 0 Å². The molecule has 0 spiro atoms. The van der Waals surface area contributed by atoms with Crippen LogP contribution in [-0.2, 0) is 0 Å². The highest BCUT2D eigenvalue weighted by atomic mass is 16.3. The molecule has 0 atom stereocenters. The zero-order chi connectivity index (χ0) is 41.4. The van der Waals surface area contributed by atoms with Gasteiger partial charge in [0.1, 0.15) is 11.2 Å². The lowest BCUT2D eigenvalue weighted by atomic mass is 9.96. The van der Waals surface area contributed by atoms with Gasteiger partial charge in [0.25, 0.3) is 0 Å². The molecule has 0 saturated carbocycles. The van der Waals surface area contributed by atoms with Gasteiger partial charge in [0.05, 0.1) is 27.8 Å². The fourth-order valence-corrected chi connectivity index (χ4v) is 9.58. The van der Waals surface area contributed by atoms with Crippen molar-refractivity contribution in [3.8, 4) is 56.7 Å². The summed E-state index contributed by atoms with van der Waals surface area (Å²) in [7, 11) is 0. The molecule has 63 heavy (non-hydrogen) atoms. The number of para-hydroxylation sites is 4. The van der Waals surface area contributed by atoms with Crippen LogP contribution in [0.1, 0.15) is 0 Å². The third kappa shape index (κ3) is 5.55. The molecule has 6 heteroatoms. The van der Waals surface area contributed by atoms with Gasteiger partial charge in [-0.1, -0.05) is 158 Å².